The summed E-state index contributed by atoms with van der Waals surface area (Å²) in [4.78, 5) is 29.1. The summed E-state index contributed by atoms with van der Waals surface area (Å²) in [6.45, 7) is 2.23. The average molecular weight is 479 g/mol. The van der Waals surface area contributed by atoms with Crippen LogP contribution in [0.1, 0.15) is 87.8 Å². The van der Waals surface area contributed by atoms with Gasteiger partial charge in [-0.2, -0.15) is 0 Å². The number of nitrogens with zero attached hydrogens (tertiary/aromatic N) is 1. The van der Waals surface area contributed by atoms with Gasteiger partial charge in [-0.15, -0.1) is 0 Å². The van der Waals surface area contributed by atoms with E-state index < -0.39 is 0 Å². The largest absolute Gasteiger partial charge is 0.504 e. The number of phenols is 1. The van der Waals surface area contributed by atoms with E-state index in [0.717, 1.165) is 29.5 Å². The minimum atomic E-state index is -0.216. The van der Waals surface area contributed by atoms with Crippen LogP contribution in [-0.4, -0.2) is 28.8 Å². The number of anilines is 1. The Labute approximate surface area is 208 Å². The molecule has 1 aliphatic carbocycles. The summed E-state index contributed by atoms with van der Waals surface area (Å²) in [5, 5.41) is 10.3. The van der Waals surface area contributed by atoms with Crippen LogP contribution in [-0.2, 0) is 16.0 Å². The Morgan fingerprint density at radius 3 is 2.63 bits per heavy atom. The molecule has 0 spiro atoms. The molecule has 188 valence electrons. The lowest BCUT2D eigenvalue weighted by Crippen LogP contribution is -2.16. The topological polar surface area (TPSA) is 103 Å². The van der Waals surface area contributed by atoms with E-state index in [1.807, 2.05) is 6.07 Å². The average Bonchev–Trinajstić information content (AvgIpc) is 3.28. The third-order valence-electron chi connectivity index (χ3n) is 7.11. The van der Waals surface area contributed by atoms with Gasteiger partial charge in [0, 0.05) is 12.6 Å². The van der Waals surface area contributed by atoms with Gasteiger partial charge in [-0.3, -0.25) is 9.59 Å². The van der Waals surface area contributed by atoms with Crippen molar-refractivity contribution in [2.24, 2.45) is 5.41 Å². The number of benzene rings is 1. The molecule has 6 nitrogen and oxygen atoms in total. The summed E-state index contributed by atoms with van der Waals surface area (Å²) in [6, 6.07) is 6.91. The molecule has 0 bridgehead atoms. The normalized spacial score (nSPS) is 14.9. The molecule has 35 heavy (non-hydrogen) atoms. The number of hydrogen-bond donors (Lipinski definition) is 2. The second kappa shape index (κ2) is 12.5. The number of aromatic nitrogens is 1. The van der Waals surface area contributed by atoms with E-state index in [1.165, 1.54) is 51.7 Å². The fourth-order valence-electron chi connectivity index (χ4n) is 5.32. The molecular weight excluding hydrogens is 440 g/mol. The second-order valence-electron chi connectivity index (χ2n) is 9.82. The SMILES string of the molecule is CCCC1(CCCC(=O)CC(=O)C=Cc2cc(OC)c(O)cc2Cc2ccc(N)nc2)CCCC1. The molecule has 1 saturated carbocycles. The van der Waals surface area contributed by atoms with E-state index >= 15 is 0 Å². The van der Waals surface area contributed by atoms with Crippen molar-refractivity contribution in [2.75, 3.05) is 12.8 Å². The van der Waals surface area contributed by atoms with Crippen molar-refractivity contribution in [1.82, 2.24) is 4.98 Å². The summed E-state index contributed by atoms with van der Waals surface area (Å²) in [5.74, 6) is 0.561. The van der Waals surface area contributed by atoms with Crippen LogP contribution in [0.3, 0.4) is 0 Å². The van der Waals surface area contributed by atoms with E-state index in [0.29, 0.717) is 29.8 Å². The number of hydrogen-bond acceptors (Lipinski definition) is 6. The van der Waals surface area contributed by atoms with Crippen LogP contribution in [0, 0.1) is 5.41 Å². The molecule has 0 aliphatic heterocycles. The number of aromatic hydroxyl groups is 1. The molecule has 1 heterocycles. The van der Waals surface area contributed by atoms with E-state index in [4.69, 9.17) is 10.5 Å². The van der Waals surface area contributed by atoms with Gasteiger partial charge in [-0.25, -0.2) is 4.98 Å². The summed E-state index contributed by atoms with van der Waals surface area (Å²) in [7, 11) is 1.48. The van der Waals surface area contributed by atoms with Gasteiger partial charge in [0.1, 0.15) is 11.6 Å². The number of carbonyl (C=O) groups is 2. The van der Waals surface area contributed by atoms with Gasteiger partial charge in [0.2, 0.25) is 0 Å². The number of phenolic OH excluding ortho intramolecular Hbond substituents is 1. The predicted molar refractivity (Wildman–Crippen MR) is 139 cm³/mol. The molecule has 0 atom stereocenters. The Morgan fingerprint density at radius 2 is 1.97 bits per heavy atom. The number of carbonyl (C=O) groups excluding carboxylic acids is 2. The van der Waals surface area contributed by atoms with Gasteiger partial charge in [0.05, 0.1) is 13.5 Å². The van der Waals surface area contributed by atoms with Gasteiger partial charge < -0.3 is 15.6 Å². The first-order valence-electron chi connectivity index (χ1n) is 12.7. The number of rotatable bonds is 13. The highest BCUT2D eigenvalue weighted by Crippen LogP contribution is 2.45. The molecular formula is C29H38N2O4. The molecule has 3 rings (SSSR count). The minimum Gasteiger partial charge on any atom is -0.504 e. The number of methoxy groups -OCH3 is 1. The van der Waals surface area contributed by atoms with Crippen molar-refractivity contribution in [3.63, 3.8) is 0 Å². The van der Waals surface area contributed by atoms with Crippen LogP contribution in [0.15, 0.2) is 36.5 Å². The zero-order chi connectivity index (χ0) is 25.3. The summed E-state index contributed by atoms with van der Waals surface area (Å²) < 4.78 is 5.24. The molecule has 0 unspecified atom stereocenters. The molecule has 0 amide bonds. The van der Waals surface area contributed by atoms with Gasteiger partial charge in [0.15, 0.2) is 17.3 Å². The molecule has 6 heteroatoms. The summed E-state index contributed by atoms with van der Waals surface area (Å²) in [6.07, 6.45) is 15.3. The van der Waals surface area contributed by atoms with E-state index in [2.05, 4.69) is 11.9 Å². The van der Waals surface area contributed by atoms with E-state index in [-0.39, 0.29) is 23.7 Å². The predicted octanol–water partition coefficient (Wildman–Crippen LogP) is 6.04. The van der Waals surface area contributed by atoms with Gasteiger partial charge in [0.25, 0.3) is 0 Å². The van der Waals surface area contributed by atoms with Crippen LogP contribution < -0.4 is 10.5 Å². The highest BCUT2D eigenvalue weighted by Gasteiger charge is 2.32. The highest BCUT2D eigenvalue weighted by atomic mass is 16.5. The molecule has 3 N–H and O–H groups in total. The van der Waals surface area contributed by atoms with Gasteiger partial charge >= 0.3 is 0 Å². The summed E-state index contributed by atoms with van der Waals surface area (Å²) in [5.41, 5.74) is 8.56. The Kier molecular flexibility index (Phi) is 9.47. The number of nitrogen functional groups attached to an aromatic ring is 1. The molecule has 1 aromatic heterocycles. The number of allylic oxidation sites excluding steroid dienone is 1. The van der Waals surface area contributed by atoms with Crippen LogP contribution in [0.2, 0.25) is 0 Å². The smallest absolute Gasteiger partial charge is 0.163 e. The van der Waals surface area contributed by atoms with Crippen LogP contribution in [0.4, 0.5) is 5.82 Å². The van der Waals surface area contributed by atoms with Crippen LogP contribution in [0.25, 0.3) is 6.08 Å². The number of nitrogens with two attached hydrogens (primary N) is 1. The standard InChI is InChI=1S/C29H38N2O4/c1-3-12-29(13-4-5-14-29)15-6-7-24(32)19-25(33)10-9-22-18-27(35-2)26(34)17-23(22)16-21-8-11-28(30)31-20-21/h8-11,17-18,20,34H,3-7,12-16,19H2,1-2H3,(H2,30,31). The lowest BCUT2D eigenvalue weighted by molar-refractivity contribution is -0.124. The van der Waals surface area contributed by atoms with Crippen LogP contribution in [0.5, 0.6) is 11.5 Å². The maximum Gasteiger partial charge on any atom is 0.163 e. The van der Waals surface area contributed by atoms with Crippen molar-refractivity contribution in [3.05, 3.63) is 53.2 Å². The van der Waals surface area contributed by atoms with Crippen LogP contribution >= 0.6 is 0 Å². The van der Waals surface area contributed by atoms with Crippen molar-refractivity contribution >= 4 is 23.5 Å². The molecule has 2 aromatic rings. The third kappa shape index (κ3) is 7.67. The van der Waals surface area contributed by atoms with Gasteiger partial charge in [-0.1, -0.05) is 38.3 Å². The maximum atomic E-state index is 12.5. The minimum absolute atomic E-state index is 0.000698. The Balaban J connectivity index is 1.60. The quantitative estimate of drug-likeness (QED) is 0.269. The first kappa shape index (κ1) is 26.5. The number of ketones is 2. The first-order valence-corrected chi connectivity index (χ1v) is 12.7. The fraction of sp³-hybridized carbons (Fsp3) is 0.483. The van der Waals surface area contributed by atoms with Crippen molar-refractivity contribution in [2.45, 2.75) is 77.6 Å². The van der Waals surface area contributed by atoms with Crippen molar-refractivity contribution in [3.8, 4) is 11.5 Å². The van der Waals surface area contributed by atoms with Gasteiger partial charge in [-0.05, 0) is 84.9 Å². The fourth-order valence-corrected chi connectivity index (χ4v) is 5.32. The van der Waals surface area contributed by atoms with E-state index in [9.17, 15) is 14.7 Å². The first-order chi connectivity index (χ1) is 16.8. The monoisotopic (exact) mass is 478 g/mol. The lowest BCUT2D eigenvalue weighted by Gasteiger charge is -2.28. The highest BCUT2D eigenvalue weighted by molar-refractivity contribution is 6.06. The molecule has 1 aliphatic rings. The number of Topliss-reactive ketones (excluding diaryl/α,β-unsaturated/α-hetero) is 1. The Bertz CT molecular complexity index is 1040. The maximum absolute atomic E-state index is 12.5. The lowest BCUT2D eigenvalue weighted by atomic mass is 9.77. The molecule has 1 aromatic carbocycles. The zero-order valence-corrected chi connectivity index (χ0v) is 21.0. The molecule has 0 saturated heterocycles. The van der Waals surface area contributed by atoms with Crippen molar-refractivity contribution < 1.29 is 19.4 Å². The second-order valence-corrected chi connectivity index (χ2v) is 9.82. The molecule has 0 radical (unpaired) electrons. The number of pyridine rings is 1. The third-order valence-corrected chi connectivity index (χ3v) is 7.11. The Hall–Kier alpha value is -3.15. The summed E-state index contributed by atoms with van der Waals surface area (Å²) >= 11 is 0. The molecule has 1 fully saturated rings. The zero-order valence-electron chi connectivity index (χ0n) is 21.0. The van der Waals surface area contributed by atoms with Crippen molar-refractivity contribution in [1.29, 1.82) is 0 Å². The number of ether oxygens (including phenoxy) is 1. The Morgan fingerprint density at radius 1 is 1.20 bits per heavy atom. The van der Waals surface area contributed by atoms with E-state index in [1.54, 1.807) is 30.5 Å².